The summed E-state index contributed by atoms with van der Waals surface area (Å²) in [6, 6.07) is 14.9. The number of aliphatic hydroxyl groups excluding tert-OH is 1. The Morgan fingerprint density at radius 3 is 2.30 bits per heavy atom. The number of piperazine rings is 1. The zero-order chi connectivity index (χ0) is 21.7. The van der Waals surface area contributed by atoms with E-state index in [0.717, 1.165) is 16.9 Å². The van der Waals surface area contributed by atoms with Crippen molar-refractivity contribution < 1.29 is 18.3 Å². The molecule has 1 aliphatic heterocycles. The van der Waals surface area contributed by atoms with Crippen LogP contribution in [0, 0.1) is 6.92 Å². The van der Waals surface area contributed by atoms with E-state index < -0.39 is 16.1 Å². The number of sulfonamides is 1. The van der Waals surface area contributed by atoms with Gasteiger partial charge in [-0.1, -0.05) is 38.1 Å². The second kappa shape index (κ2) is 9.92. The molecule has 2 aromatic rings. The van der Waals surface area contributed by atoms with Gasteiger partial charge in [-0.05, 0) is 48.2 Å². The third-order valence-electron chi connectivity index (χ3n) is 5.42. The average molecular weight is 433 g/mol. The van der Waals surface area contributed by atoms with Gasteiger partial charge in [0.2, 0.25) is 10.0 Å². The highest BCUT2D eigenvalue weighted by Crippen LogP contribution is 2.21. The van der Waals surface area contributed by atoms with Crippen LogP contribution in [0.1, 0.15) is 30.9 Å². The summed E-state index contributed by atoms with van der Waals surface area (Å²) < 4.78 is 33.0. The predicted molar refractivity (Wildman–Crippen MR) is 118 cm³/mol. The van der Waals surface area contributed by atoms with Crippen molar-refractivity contribution in [1.82, 2.24) is 9.21 Å². The molecule has 6 nitrogen and oxygen atoms in total. The van der Waals surface area contributed by atoms with Crippen molar-refractivity contribution in [3.05, 3.63) is 59.7 Å². The largest absolute Gasteiger partial charge is 0.491 e. The summed E-state index contributed by atoms with van der Waals surface area (Å²) in [6.07, 6.45) is -0.628. The summed E-state index contributed by atoms with van der Waals surface area (Å²) in [5.41, 5.74) is 2.24. The van der Waals surface area contributed by atoms with Crippen LogP contribution in [0.15, 0.2) is 53.4 Å². The normalized spacial score (nSPS) is 17.2. The number of aryl methyl sites for hydroxylation is 1. The SMILES string of the molecule is Cc1cccc(OCC(O)CN2CCN(S(=O)(=O)c3ccc(C(C)C)cc3)CC2)c1. The van der Waals surface area contributed by atoms with Gasteiger partial charge in [-0.3, -0.25) is 4.90 Å². The van der Waals surface area contributed by atoms with Crippen molar-refractivity contribution in [3.63, 3.8) is 0 Å². The highest BCUT2D eigenvalue weighted by Gasteiger charge is 2.29. The van der Waals surface area contributed by atoms with Gasteiger partial charge in [0.25, 0.3) is 0 Å². The van der Waals surface area contributed by atoms with E-state index in [4.69, 9.17) is 4.74 Å². The van der Waals surface area contributed by atoms with Gasteiger partial charge >= 0.3 is 0 Å². The van der Waals surface area contributed by atoms with E-state index in [9.17, 15) is 13.5 Å². The van der Waals surface area contributed by atoms with Crippen molar-refractivity contribution in [3.8, 4) is 5.75 Å². The number of β-amino-alcohol motifs (C(OH)–C–C–N with tert-alkyl or cyclic N) is 1. The molecule has 1 heterocycles. The number of hydrogen-bond donors (Lipinski definition) is 1. The van der Waals surface area contributed by atoms with Gasteiger partial charge in [-0.2, -0.15) is 4.31 Å². The molecule has 1 unspecified atom stereocenters. The predicted octanol–water partition coefficient (Wildman–Crippen LogP) is 2.86. The maximum atomic E-state index is 12.9. The number of hydrogen-bond acceptors (Lipinski definition) is 5. The van der Waals surface area contributed by atoms with Gasteiger partial charge in [0.15, 0.2) is 0 Å². The smallest absolute Gasteiger partial charge is 0.243 e. The van der Waals surface area contributed by atoms with Crippen LogP contribution in [-0.4, -0.2) is 68.2 Å². The minimum absolute atomic E-state index is 0.212. The summed E-state index contributed by atoms with van der Waals surface area (Å²) in [4.78, 5) is 2.42. The average Bonchev–Trinajstić information content (AvgIpc) is 2.73. The standard InChI is InChI=1S/C23H32N2O4S/c1-18(2)20-7-9-23(10-8-20)30(27,28)25-13-11-24(12-14-25)16-21(26)17-29-22-6-4-5-19(3)15-22/h4-10,15,18,21,26H,11-14,16-17H2,1-3H3. The number of benzene rings is 2. The molecule has 1 atom stereocenters. The van der Waals surface area contributed by atoms with Crippen LogP contribution in [0.2, 0.25) is 0 Å². The van der Waals surface area contributed by atoms with Gasteiger partial charge < -0.3 is 9.84 Å². The molecule has 1 saturated heterocycles. The lowest BCUT2D eigenvalue weighted by Gasteiger charge is -2.34. The van der Waals surface area contributed by atoms with Crippen molar-refractivity contribution in [2.75, 3.05) is 39.3 Å². The van der Waals surface area contributed by atoms with Crippen LogP contribution in [0.5, 0.6) is 5.75 Å². The molecular formula is C23H32N2O4S. The van der Waals surface area contributed by atoms with Gasteiger partial charge in [-0.25, -0.2) is 8.42 Å². The molecule has 3 rings (SSSR count). The molecule has 1 N–H and O–H groups in total. The van der Waals surface area contributed by atoms with Crippen LogP contribution in [-0.2, 0) is 10.0 Å². The van der Waals surface area contributed by atoms with E-state index in [0.29, 0.717) is 43.5 Å². The van der Waals surface area contributed by atoms with E-state index in [1.807, 2.05) is 43.3 Å². The lowest BCUT2D eigenvalue weighted by molar-refractivity contribution is 0.0569. The maximum absolute atomic E-state index is 12.9. The molecule has 0 radical (unpaired) electrons. The van der Waals surface area contributed by atoms with Gasteiger partial charge in [0, 0.05) is 32.7 Å². The van der Waals surface area contributed by atoms with Crippen LogP contribution in [0.3, 0.4) is 0 Å². The highest BCUT2D eigenvalue weighted by atomic mass is 32.2. The summed E-state index contributed by atoms with van der Waals surface area (Å²) in [5.74, 6) is 1.11. The first-order valence-electron chi connectivity index (χ1n) is 10.5. The summed E-state index contributed by atoms with van der Waals surface area (Å²) in [6.45, 7) is 8.85. The Morgan fingerprint density at radius 1 is 1.03 bits per heavy atom. The second-order valence-electron chi connectivity index (χ2n) is 8.21. The molecule has 7 heteroatoms. The minimum Gasteiger partial charge on any atom is -0.491 e. The Balaban J connectivity index is 1.48. The molecular weight excluding hydrogens is 400 g/mol. The first-order valence-corrected chi connectivity index (χ1v) is 11.9. The number of nitrogens with zero attached hydrogens (tertiary/aromatic N) is 2. The molecule has 30 heavy (non-hydrogen) atoms. The number of ether oxygens (including phenoxy) is 1. The van der Waals surface area contributed by atoms with E-state index >= 15 is 0 Å². The van der Waals surface area contributed by atoms with Crippen molar-refractivity contribution in [2.45, 2.75) is 37.7 Å². The van der Waals surface area contributed by atoms with E-state index in [-0.39, 0.29) is 6.61 Å². The first-order chi connectivity index (χ1) is 14.3. The molecule has 1 fully saturated rings. The fourth-order valence-corrected chi connectivity index (χ4v) is 5.00. The second-order valence-corrected chi connectivity index (χ2v) is 10.1. The van der Waals surface area contributed by atoms with Crippen LogP contribution in [0.4, 0.5) is 0 Å². The maximum Gasteiger partial charge on any atom is 0.243 e. The van der Waals surface area contributed by atoms with Gasteiger partial charge in [-0.15, -0.1) is 0 Å². The third-order valence-corrected chi connectivity index (χ3v) is 7.33. The Labute approximate surface area is 180 Å². The molecule has 0 amide bonds. The van der Waals surface area contributed by atoms with Crippen molar-refractivity contribution in [2.24, 2.45) is 0 Å². The zero-order valence-electron chi connectivity index (χ0n) is 18.0. The summed E-state index contributed by atoms with van der Waals surface area (Å²) >= 11 is 0. The number of aliphatic hydroxyl groups is 1. The highest BCUT2D eigenvalue weighted by molar-refractivity contribution is 7.89. The summed E-state index contributed by atoms with van der Waals surface area (Å²) in [7, 11) is -3.49. The Bertz CT molecular complexity index is 920. The fourth-order valence-electron chi connectivity index (χ4n) is 3.57. The quantitative estimate of drug-likeness (QED) is 0.695. The van der Waals surface area contributed by atoms with Crippen LogP contribution < -0.4 is 4.74 Å². The van der Waals surface area contributed by atoms with E-state index in [1.165, 1.54) is 4.31 Å². The molecule has 0 aliphatic carbocycles. The fraction of sp³-hybridized carbons (Fsp3) is 0.478. The van der Waals surface area contributed by atoms with Gasteiger partial charge in [0.1, 0.15) is 18.5 Å². The zero-order valence-corrected chi connectivity index (χ0v) is 18.8. The topological polar surface area (TPSA) is 70.1 Å². The Morgan fingerprint density at radius 2 is 1.70 bits per heavy atom. The van der Waals surface area contributed by atoms with E-state index in [1.54, 1.807) is 12.1 Å². The monoisotopic (exact) mass is 432 g/mol. The molecule has 0 aromatic heterocycles. The molecule has 2 aromatic carbocycles. The van der Waals surface area contributed by atoms with Crippen molar-refractivity contribution >= 4 is 10.0 Å². The van der Waals surface area contributed by atoms with Crippen LogP contribution >= 0.6 is 0 Å². The van der Waals surface area contributed by atoms with Crippen LogP contribution in [0.25, 0.3) is 0 Å². The van der Waals surface area contributed by atoms with Crippen molar-refractivity contribution in [1.29, 1.82) is 0 Å². The third kappa shape index (κ3) is 5.82. The number of rotatable bonds is 8. The van der Waals surface area contributed by atoms with Gasteiger partial charge in [0.05, 0.1) is 4.90 Å². The lowest BCUT2D eigenvalue weighted by Crippen LogP contribution is -2.50. The minimum atomic E-state index is -3.49. The Kier molecular flexibility index (Phi) is 7.52. The molecule has 0 bridgehead atoms. The van der Waals surface area contributed by atoms with E-state index in [2.05, 4.69) is 18.7 Å². The lowest BCUT2D eigenvalue weighted by atomic mass is 10.0. The molecule has 1 aliphatic rings. The Hall–Kier alpha value is -1.93. The molecule has 164 valence electrons. The molecule has 0 spiro atoms. The first kappa shape index (κ1) is 22.7. The molecule has 0 saturated carbocycles. The summed E-state index contributed by atoms with van der Waals surface area (Å²) in [5, 5.41) is 10.3.